The first-order chi connectivity index (χ1) is 7.18. The molecule has 1 atom stereocenters. The summed E-state index contributed by atoms with van der Waals surface area (Å²) in [6, 6.07) is 9.76. The van der Waals surface area contributed by atoms with E-state index in [1.807, 2.05) is 0 Å². The Bertz CT molecular complexity index is 330. The van der Waals surface area contributed by atoms with Crippen LogP contribution in [0, 0.1) is 0 Å². The fourth-order valence-corrected chi connectivity index (χ4v) is 2.46. The quantitative estimate of drug-likeness (QED) is 0.710. The lowest BCUT2D eigenvalue weighted by Gasteiger charge is -2.20. The van der Waals surface area contributed by atoms with E-state index < -0.39 is 0 Å². The van der Waals surface area contributed by atoms with Gasteiger partial charge in [-0.3, -0.25) is 4.90 Å². The Morgan fingerprint density at radius 3 is 2.73 bits per heavy atom. The van der Waals surface area contributed by atoms with E-state index in [0.29, 0.717) is 12.0 Å². The van der Waals surface area contributed by atoms with Crippen molar-refractivity contribution in [3.63, 3.8) is 0 Å². The molecule has 1 aliphatic heterocycles. The Balaban J connectivity index is 2.24. The van der Waals surface area contributed by atoms with Crippen LogP contribution >= 0.6 is 0 Å². The number of hydrogen-bond acceptors (Lipinski definition) is 1. The van der Waals surface area contributed by atoms with E-state index in [2.05, 4.69) is 50.1 Å². The summed E-state index contributed by atoms with van der Waals surface area (Å²) in [6.45, 7) is 5.77. The van der Waals surface area contributed by atoms with Crippen molar-refractivity contribution in [3.8, 4) is 0 Å². The van der Waals surface area contributed by atoms with Crippen LogP contribution in [-0.4, -0.2) is 18.5 Å². The molecule has 1 aromatic carbocycles. The average Bonchev–Trinajstić information content (AvgIpc) is 2.64. The van der Waals surface area contributed by atoms with Crippen molar-refractivity contribution in [1.82, 2.24) is 4.90 Å². The second kappa shape index (κ2) is 4.36. The molecule has 1 saturated heterocycles. The van der Waals surface area contributed by atoms with Crippen molar-refractivity contribution in [1.29, 1.82) is 0 Å². The van der Waals surface area contributed by atoms with E-state index in [9.17, 15) is 0 Å². The maximum atomic E-state index is 2.47. The summed E-state index contributed by atoms with van der Waals surface area (Å²) in [5, 5.41) is 0. The van der Waals surface area contributed by atoms with E-state index in [-0.39, 0.29) is 0 Å². The minimum absolute atomic E-state index is 0.636. The van der Waals surface area contributed by atoms with Crippen molar-refractivity contribution in [3.05, 3.63) is 35.4 Å². The number of likely N-dealkylation sites (tertiary alicyclic amines) is 1. The van der Waals surface area contributed by atoms with E-state index in [0.717, 1.165) is 0 Å². The Morgan fingerprint density at radius 2 is 2.13 bits per heavy atom. The van der Waals surface area contributed by atoms with Gasteiger partial charge in [-0.1, -0.05) is 38.1 Å². The topological polar surface area (TPSA) is 3.24 Å². The highest BCUT2D eigenvalue weighted by molar-refractivity contribution is 5.28. The highest BCUT2D eigenvalue weighted by atomic mass is 15.1. The number of benzene rings is 1. The third-order valence-corrected chi connectivity index (χ3v) is 3.48. The molecule has 0 amide bonds. The van der Waals surface area contributed by atoms with Gasteiger partial charge in [0, 0.05) is 6.04 Å². The van der Waals surface area contributed by atoms with Crippen LogP contribution in [0.2, 0.25) is 0 Å². The van der Waals surface area contributed by atoms with Gasteiger partial charge >= 0.3 is 0 Å². The van der Waals surface area contributed by atoms with Crippen LogP contribution in [0.4, 0.5) is 0 Å². The molecule has 0 radical (unpaired) electrons. The average molecular weight is 203 g/mol. The van der Waals surface area contributed by atoms with Gasteiger partial charge in [0.25, 0.3) is 0 Å². The third-order valence-electron chi connectivity index (χ3n) is 3.48. The second-order valence-electron chi connectivity index (χ2n) is 4.96. The zero-order valence-electron chi connectivity index (χ0n) is 10.0. The summed E-state index contributed by atoms with van der Waals surface area (Å²) in [7, 11) is 2.24. The summed E-state index contributed by atoms with van der Waals surface area (Å²) in [4.78, 5) is 2.47. The van der Waals surface area contributed by atoms with Crippen molar-refractivity contribution >= 4 is 0 Å². The third kappa shape index (κ3) is 2.23. The summed E-state index contributed by atoms with van der Waals surface area (Å²) in [6.07, 6.45) is 2.66. The largest absolute Gasteiger partial charge is 0.299 e. The van der Waals surface area contributed by atoms with Gasteiger partial charge in [0.05, 0.1) is 0 Å². The molecular weight excluding hydrogens is 182 g/mol. The fourth-order valence-electron chi connectivity index (χ4n) is 2.46. The molecule has 0 bridgehead atoms. The molecule has 0 N–H and O–H groups in total. The Labute approximate surface area is 93.1 Å². The summed E-state index contributed by atoms with van der Waals surface area (Å²) >= 11 is 0. The summed E-state index contributed by atoms with van der Waals surface area (Å²) < 4.78 is 0. The molecule has 0 saturated carbocycles. The molecule has 1 heterocycles. The van der Waals surface area contributed by atoms with Gasteiger partial charge in [0.1, 0.15) is 0 Å². The molecule has 1 heteroatoms. The molecule has 15 heavy (non-hydrogen) atoms. The zero-order chi connectivity index (χ0) is 10.8. The van der Waals surface area contributed by atoms with Crippen molar-refractivity contribution < 1.29 is 0 Å². The maximum Gasteiger partial charge on any atom is 0.0345 e. The van der Waals surface area contributed by atoms with Gasteiger partial charge in [0.2, 0.25) is 0 Å². The standard InChI is InChI=1S/C14H21N/c1-11(2)12-6-4-7-13(10-12)14-8-5-9-15(14)3/h4,6-7,10-11,14H,5,8-9H2,1-3H3. The van der Waals surface area contributed by atoms with Crippen LogP contribution in [0.3, 0.4) is 0 Å². The number of hydrogen-bond donors (Lipinski definition) is 0. The molecule has 0 aliphatic carbocycles. The van der Waals surface area contributed by atoms with E-state index in [4.69, 9.17) is 0 Å². The molecule has 1 fully saturated rings. The first kappa shape index (κ1) is 10.7. The van der Waals surface area contributed by atoms with Crippen molar-refractivity contribution in [2.24, 2.45) is 0 Å². The van der Waals surface area contributed by atoms with Gasteiger partial charge in [-0.15, -0.1) is 0 Å². The van der Waals surface area contributed by atoms with Gasteiger partial charge in [-0.05, 0) is 43.5 Å². The minimum atomic E-state index is 0.636. The lowest BCUT2D eigenvalue weighted by atomic mass is 9.97. The van der Waals surface area contributed by atoms with Crippen molar-refractivity contribution in [2.45, 2.75) is 38.6 Å². The van der Waals surface area contributed by atoms with Crippen LogP contribution < -0.4 is 0 Å². The van der Waals surface area contributed by atoms with E-state index in [1.165, 1.54) is 30.5 Å². The predicted octanol–water partition coefficient (Wildman–Crippen LogP) is 3.58. The molecule has 1 nitrogen and oxygen atoms in total. The normalized spacial score (nSPS) is 22.5. The maximum absolute atomic E-state index is 2.47. The molecule has 2 rings (SSSR count). The van der Waals surface area contributed by atoms with Crippen LogP contribution in [0.15, 0.2) is 24.3 Å². The monoisotopic (exact) mass is 203 g/mol. The lowest BCUT2D eigenvalue weighted by molar-refractivity contribution is 0.317. The molecule has 0 spiro atoms. The van der Waals surface area contributed by atoms with Gasteiger partial charge in [0.15, 0.2) is 0 Å². The molecule has 0 aromatic heterocycles. The smallest absolute Gasteiger partial charge is 0.0345 e. The molecule has 1 unspecified atom stereocenters. The summed E-state index contributed by atoms with van der Waals surface area (Å²) in [5.74, 6) is 0.636. The van der Waals surface area contributed by atoms with Crippen molar-refractivity contribution in [2.75, 3.05) is 13.6 Å². The fraction of sp³-hybridized carbons (Fsp3) is 0.571. The highest BCUT2D eigenvalue weighted by Gasteiger charge is 2.22. The van der Waals surface area contributed by atoms with E-state index in [1.54, 1.807) is 0 Å². The number of rotatable bonds is 2. The van der Waals surface area contributed by atoms with Gasteiger partial charge in [-0.2, -0.15) is 0 Å². The van der Waals surface area contributed by atoms with E-state index >= 15 is 0 Å². The predicted molar refractivity (Wildman–Crippen MR) is 65.1 cm³/mol. The van der Waals surface area contributed by atoms with Crippen LogP contribution in [0.1, 0.15) is 49.8 Å². The molecule has 1 aliphatic rings. The van der Waals surface area contributed by atoms with Crippen LogP contribution in [-0.2, 0) is 0 Å². The Hall–Kier alpha value is -0.820. The highest BCUT2D eigenvalue weighted by Crippen LogP contribution is 2.31. The summed E-state index contributed by atoms with van der Waals surface area (Å²) in [5.41, 5.74) is 2.97. The van der Waals surface area contributed by atoms with Gasteiger partial charge < -0.3 is 0 Å². The van der Waals surface area contributed by atoms with Gasteiger partial charge in [-0.25, -0.2) is 0 Å². The lowest BCUT2D eigenvalue weighted by Crippen LogP contribution is -2.17. The minimum Gasteiger partial charge on any atom is -0.299 e. The Morgan fingerprint density at radius 1 is 1.33 bits per heavy atom. The first-order valence-electron chi connectivity index (χ1n) is 5.98. The number of nitrogens with zero attached hydrogens (tertiary/aromatic N) is 1. The molecular formula is C14H21N. The molecule has 1 aromatic rings. The first-order valence-corrected chi connectivity index (χ1v) is 5.98. The second-order valence-corrected chi connectivity index (χ2v) is 4.96. The SMILES string of the molecule is CC(C)c1cccc(C2CCCN2C)c1. The van der Waals surface area contributed by atoms with Crippen LogP contribution in [0.5, 0.6) is 0 Å². The van der Waals surface area contributed by atoms with Crippen LogP contribution in [0.25, 0.3) is 0 Å². The molecule has 82 valence electrons. The Kier molecular flexibility index (Phi) is 3.11. The zero-order valence-corrected chi connectivity index (χ0v) is 10.0.